The van der Waals surface area contributed by atoms with Gasteiger partial charge in [0.1, 0.15) is 5.75 Å². The van der Waals surface area contributed by atoms with Gasteiger partial charge in [0, 0.05) is 23.9 Å². The first kappa shape index (κ1) is 11.7. The minimum atomic E-state index is 0.901. The summed E-state index contributed by atoms with van der Waals surface area (Å²) in [6.45, 7) is 4.23. The molecule has 2 rings (SSSR count). The van der Waals surface area contributed by atoms with Crippen LogP contribution in [0.15, 0.2) is 24.4 Å². The van der Waals surface area contributed by atoms with Gasteiger partial charge < -0.3 is 4.74 Å². The summed E-state index contributed by atoms with van der Waals surface area (Å²) in [6.07, 6.45) is 2.87. The molecule has 0 fully saturated rings. The van der Waals surface area contributed by atoms with E-state index < -0.39 is 0 Å². The van der Waals surface area contributed by atoms with Crippen molar-refractivity contribution in [2.75, 3.05) is 7.11 Å². The molecular formula is C14H18N2O. The van der Waals surface area contributed by atoms with Gasteiger partial charge in [0.15, 0.2) is 0 Å². The molecule has 0 aliphatic rings. The van der Waals surface area contributed by atoms with Crippen molar-refractivity contribution in [2.24, 2.45) is 7.05 Å². The second kappa shape index (κ2) is 4.62. The van der Waals surface area contributed by atoms with Crippen molar-refractivity contribution < 1.29 is 4.74 Å². The lowest BCUT2D eigenvalue weighted by atomic mass is 10.0. The van der Waals surface area contributed by atoms with Gasteiger partial charge in [-0.15, -0.1) is 0 Å². The van der Waals surface area contributed by atoms with Gasteiger partial charge in [-0.05, 0) is 25.5 Å². The van der Waals surface area contributed by atoms with Gasteiger partial charge in [-0.2, -0.15) is 5.10 Å². The zero-order chi connectivity index (χ0) is 12.4. The summed E-state index contributed by atoms with van der Waals surface area (Å²) in [5.41, 5.74) is 4.74. The van der Waals surface area contributed by atoms with E-state index in [0.717, 1.165) is 23.3 Å². The van der Waals surface area contributed by atoms with Crippen LogP contribution in [0.3, 0.4) is 0 Å². The van der Waals surface area contributed by atoms with Crippen molar-refractivity contribution in [3.8, 4) is 16.9 Å². The maximum Gasteiger partial charge on any atom is 0.126 e. The van der Waals surface area contributed by atoms with E-state index in [1.807, 2.05) is 24.0 Å². The normalized spacial score (nSPS) is 10.6. The molecule has 90 valence electrons. The highest BCUT2D eigenvalue weighted by atomic mass is 16.5. The molecule has 0 radical (unpaired) electrons. The zero-order valence-electron chi connectivity index (χ0n) is 10.8. The highest BCUT2D eigenvalue weighted by Gasteiger charge is 2.13. The molecule has 1 heterocycles. The SMILES string of the molecule is CCc1c(-c2cc(C)ccc2OC)cnn1C. The maximum atomic E-state index is 5.43. The summed E-state index contributed by atoms with van der Waals surface area (Å²) in [4.78, 5) is 0. The molecule has 0 spiro atoms. The van der Waals surface area contributed by atoms with Crippen LogP contribution in [0.5, 0.6) is 5.75 Å². The Balaban J connectivity index is 2.62. The van der Waals surface area contributed by atoms with Crippen LogP contribution in [-0.4, -0.2) is 16.9 Å². The Morgan fingerprint density at radius 3 is 2.71 bits per heavy atom. The van der Waals surface area contributed by atoms with E-state index in [-0.39, 0.29) is 0 Å². The van der Waals surface area contributed by atoms with E-state index in [1.165, 1.54) is 11.3 Å². The average molecular weight is 230 g/mol. The highest BCUT2D eigenvalue weighted by molar-refractivity contribution is 5.72. The predicted octanol–water partition coefficient (Wildman–Crippen LogP) is 2.97. The van der Waals surface area contributed by atoms with E-state index in [2.05, 4.69) is 31.1 Å². The Bertz CT molecular complexity index is 529. The highest BCUT2D eigenvalue weighted by Crippen LogP contribution is 2.33. The summed E-state index contributed by atoms with van der Waals surface area (Å²) >= 11 is 0. The first-order chi connectivity index (χ1) is 8.17. The van der Waals surface area contributed by atoms with E-state index >= 15 is 0 Å². The Morgan fingerprint density at radius 2 is 2.06 bits per heavy atom. The van der Waals surface area contributed by atoms with E-state index in [4.69, 9.17) is 4.74 Å². The van der Waals surface area contributed by atoms with Crippen LogP contribution in [0.1, 0.15) is 18.2 Å². The molecule has 0 aliphatic heterocycles. The molecule has 0 N–H and O–H groups in total. The Labute approximate surface area is 102 Å². The summed E-state index contributed by atoms with van der Waals surface area (Å²) in [7, 11) is 3.68. The van der Waals surface area contributed by atoms with Gasteiger partial charge in [0.05, 0.1) is 13.3 Å². The Kier molecular flexibility index (Phi) is 3.18. The fourth-order valence-corrected chi connectivity index (χ4v) is 2.14. The molecule has 1 aromatic carbocycles. The van der Waals surface area contributed by atoms with Crippen LogP contribution in [0, 0.1) is 6.92 Å². The molecular weight excluding hydrogens is 212 g/mol. The first-order valence-corrected chi connectivity index (χ1v) is 5.83. The zero-order valence-corrected chi connectivity index (χ0v) is 10.8. The minimum absolute atomic E-state index is 0.901. The van der Waals surface area contributed by atoms with Crippen LogP contribution >= 0.6 is 0 Å². The van der Waals surface area contributed by atoms with Crippen LogP contribution in [-0.2, 0) is 13.5 Å². The number of methoxy groups -OCH3 is 1. The third-order valence-corrected chi connectivity index (χ3v) is 3.04. The largest absolute Gasteiger partial charge is 0.496 e. The van der Waals surface area contributed by atoms with Crippen LogP contribution < -0.4 is 4.74 Å². The van der Waals surface area contributed by atoms with Crippen LogP contribution in [0.2, 0.25) is 0 Å². The average Bonchev–Trinajstić information content (AvgIpc) is 2.70. The molecule has 0 atom stereocenters. The molecule has 0 saturated heterocycles. The van der Waals surface area contributed by atoms with Crippen molar-refractivity contribution in [3.05, 3.63) is 35.7 Å². The number of hydrogen-bond donors (Lipinski definition) is 0. The van der Waals surface area contributed by atoms with Gasteiger partial charge in [0.25, 0.3) is 0 Å². The first-order valence-electron chi connectivity index (χ1n) is 5.83. The molecule has 3 heteroatoms. The molecule has 0 unspecified atom stereocenters. The molecule has 2 aromatic rings. The van der Waals surface area contributed by atoms with E-state index in [0.29, 0.717) is 0 Å². The maximum absolute atomic E-state index is 5.43. The number of hydrogen-bond acceptors (Lipinski definition) is 2. The molecule has 1 aromatic heterocycles. The van der Waals surface area contributed by atoms with E-state index in [9.17, 15) is 0 Å². The summed E-state index contributed by atoms with van der Waals surface area (Å²) < 4.78 is 7.35. The van der Waals surface area contributed by atoms with Crippen LogP contribution in [0.25, 0.3) is 11.1 Å². The number of ether oxygens (including phenoxy) is 1. The van der Waals surface area contributed by atoms with Gasteiger partial charge in [0.2, 0.25) is 0 Å². The number of aryl methyl sites for hydroxylation is 2. The molecule has 0 amide bonds. The van der Waals surface area contributed by atoms with Gasteiger partial charge in [-0.3, -0.25) is 4.68 Å². The second-order valence-electron chi connectivity index (χ2n) is 4.19. The summed E-state index contributed by atoms with van der Waals surface area (Å²) in [6, 6.07) is 6.22. The third kappa shape index (κ3) is 2.05. The summed E-state index contributed by atoms with van der Waals surface area (Å²) in [5, 5.41) is 4.33. The predicted molar refractivity (Wildman–Crippen MR) is 69.3 cm³/mol. The molecule has 17 heavy (non-hydrogen) atoms. The lowest BCUT2D eigenvalue weighted by molar-refractivity contribution is 0.416. The monoisotopic (exact) mass is 230 g/mol. The second-order valence-corrected chi connectivity index (χ2v) is 4.19. The minimum Gasteiger partial charge on any atom is -0.496 e. The van der Waals surface area contributed by atoms with Crippen molar-refractivity contribution in [1.82, 2.24) is 9.78 Å². The van der Waals surface area contributed by atoms with Crippen molar-refractivity contribution in [1.29, 1.82) is 0 Å². The lowest BCUT2D eigenvalue weighted by Gasteiger charge is -2.10. The van der Waals surface area contributed by atoms with Gasteiger partial charge in [-0.1, -0.05) is 18.6 Å². The van der Waals surface area contributed by atoms with Crippen molar-refractivity contribution >= 4 is 0 Å². The van der Waals surface area contributed by atoms with Gasteiger partial charge in [-0.25, -0.2) is 0 Å². The van der Waals surface area contributed by atoms with E-state index in [1.54, 1.807) is 7.11 Å². The van der Waals surface area contributed by atoms with Crippen molar-refractivity contribution in [2.45, 2.75) is 20.3 Å². The molecule has 0 bridgehead atoms. The Morgan fingerprint density at radius 1 is 1.29 bits per heavy atom. The van der Waals surface area contributed by atoms with Gasteiger partial charge >= 0.3 is 0 Å². The number of nitrogens with zero attached hydrogens (tertiary/aromatic N) is 2. The smallest absolute Gasteiger partial charge is 0.126 e. The standard InChI is InChI=1S/C14H18N2O/c1-5-13-12(9-15-16(13)3)11-8-10(2)6-7-14(11)17-4/h6-9H,5H2,1-4H3. The topological polar surface area (TPSA) is 27.1 Å². The Hall–Kier alpha value is -1.77. The fraction of sp³-hybridized carbons (Fsp3) is 0.357. The van der Waals surface area contributed by atoms with Crippen LogP contribution in [0.4, 0.5) is 0 Å². The molecule has 3 nitrogen and oxygen atoms in total. The number of aromatic nitrogens is 2. The molecule has 0 aliphatic carbocycles. The number of benzene rings is 1. The number of rotatable bonds is 3. The quantitative estimate of drug-likeness (QED) is 0.810. The third-order valence-electron chi connectivity index (χ3n) is 3.04. The van der Waals surface area contributed by atoms with Crippen molar-refractivity contribution in [3.63, 3.8) is 0 Å². The fourth-order valence-electron chi connectivity index (χ4n) is 2.14. The lowest BCUT2D eigenvalue weighted by Crippen LogP contribution is -1.98. The summed E-state index contributed by atoms with van der Waals surface area (Å²) in [5.74, 6) is 0.901. The molecule has 0 saturated carbocycles.